The van der Waals surface area contributed by atoms with Crippen LogP contribution in [0.25, 0.3) is 0 Å². The summed E-state index contributed by atoms with van der Waals surface area (Å²) in [5, 5.41) is 3.80. The third-order valence-corrected chi connectivity index (χ3v) is 7.95. The van der Waals surface area contributed by atoms with Gasteiger partial charge in [0, 0.05) is 31.7 Å². The highest BCUT2D eigenvalue weighted by Gasteiger charge is 2.54. The maximum absolute atomic E-state index is 3.80. The van der Waals surface area contributed by atoms with Crippen molar-refractivity contribution in [2.24, 2.45) is 29.1 Å². The van der Waals surface area contributed by atoms with Gasteiger partial charge in [0.2, 0.25) is 0 Å². The molecule has 5 aliphatic carbocycles. The van der Waals surface area contributed by atoms with Gasteiger partial charge in [-0.15, -0.1) is 0 Å². The minimum Gasteiger partial charge on any atom is -0.311 e. The van der Waals surface area contributed by atoms with Gasteiger partial charge in [-0.05, 0) is 87.4 Å². The molecule has 0 aromatic rings. The molecular formula is C19H32N2. The summed E-state index contributed by atoms with van der Waals surface area (Å²) in [7, 11) is 0. The fourth-order valence-electron chi connectivity index (χ4n) is 7.04. The van der Waals surface area contributed by atoms with Crippen molar-refractivity contribution in [3.05, 3.63) is 0 Å². The molecule has 1 heterocycles. The van der Waals surface area contributed by atoms with Crippen LogP contribution < -0.4 is 5.32 Å². The van der Waals surface area contributed by atoms with Crippen LogP contribution in [0, 0.1) is 29.1 Å². The van der Waals surface area contributed by atoms with E-state index < -0.39 is 0 Å². The van der Waals surface area contributed by atoms with Gasteiger partial charge in [-0.2, -0.15) is 0 Å². The first kappa shape index (κ1) is 13.4. The molecule has 21 heavy (non-hydrogen) atoms. The van der Waals surface area contributed by atoms with E-state index in [0.717, 1.165) is 35.8 Å². The van der Waals surface area contributed by atoms with E-state index in [1.807, 2.05) is 0 Å². The predicted molar refractivity (Wildman–Crippen MR) is 86.2 cm³/mol. The minimum atomic E-state index is 0.709. The second kappa shape index (κ2) is 4.71. The van der Waals surface area contributed by atoms with Gasteiger partial charge in [-0.25, -0.2) is 0 Å². The highest BCUT2D eigenvalue weighted by molar-refractivity contribution is 5.06. The van der Waals surface area contributed by atoms with Gasteiger partial charge in [0.1, 0.15) is 0 Å². The van der Waals surface area contributed by atoms with Crippen molar-refractivity contribution in [3.8, 4) is 0 Å². The topological polar surface area (TPSA) is 15.3 Å². The molecular weight excluding hydrogens is 256 g/mol. The monoisotopic (exact) mass is 288 g/mol. The van der Waals surface area contributed by atoms with Crippen molar-refractivity contribution in [1.29, 1.82) is 0 Å². The molecule has 6 aliphatic rings. The molecule has 2 atom stereocenters. The molecule has 1 N–H and O–H groups in total. The quantitative estimate of drug-likeness (QED) is 0.857. The first-order chi connectivity index (χ1) is 10.2. The zero-order valence-corrected chi connectivity index (χ0v) is 13.7. The Hall–Kier alpha value is -0.0800. The minimum absolute atomic E-state index is 0.709. The molecule has 6 fully saturated rings. The second-order valence-corrected chi connectivity index (χ2v) is 9.35. The number of nitrogens with one attached hydrogen (secondary N) is 1. The number of rotatable bonds is 3. The lowest BCUT2D eigenvalue weighted by atomic mass is 9.47. The van der Waals surface area contributed by atoms with E-state index >= 15 is 0 Å². The van der Waals surface area contributed by atoms with Gasteiger partial charge in [0.15, 0.2) is 0 Å². The van der Waals surface area contributed by atoms with Crippen molar-refractivity contribution in [3.63, 3.8) is 0 Å². The number of nitrogens with zero attached hydrogens (tertiary/aromatic N) is 1. The fourth-order valence-corrected chi connectivity index (χ4v) is 7.04. The molecule has 1 aliphatic heterocycles. The van der Waals surface area contributed by atoms with Crippen LogP contribution >= 0.6 is 0 Å². The normalized spacial score (nSPS) is 51.3. The van der Waals surface area contributed by atoms with Gasteiger partial charge >= 0.3 is 0 Å². The molecule has 6 rings (SSSR count). The molecule has 5 saturated carbocycles. The summed E-state index contributed by atoms with van der Waals surface area (Å²) in [4.78, 5) is 2.90. The molecule has 0 radical (unpaired) electrons. The van der Waals surface area contributed by atoms with Crippen molar-refractivity contribution in [2.75, 3.05) is 19.6 Å². The summed E-state index contributed by atoms with van der Waals surface area (Å²) in [6.07, 6.45) is 12.4. The Morgan fingerprint density at radius 1 is 1.00 bits per heavy atom. The third kappa shape index (κ3) is 2.20. The number of piperazine rings is 1. The second-order valence-electron chi connectivity index (χ2n) is 9.35. The largest absolute Gasteiger partial charge is 0.311 e. The van der Waals surface area contributed by atoms with E-state index in [0.29, 0.717) is 5.41 Å². The van der Waals surface area contributed by atoms with Crippen molar-refractivity contribution in [2.45, 2.75) is 70.4 Å². The SMILES string of the molecule is CC(N1CCNC(C2CC2)C1)C12CC3CC(CC(C3)C1)C2. The highest BCUT2D eigenvalue weighted by Crippen LogP contribution is 2.62. The summed E-state index contributed by atoms with van der Waals surface area (Å²) in [5.74, 6) is 4.30. The number of hydrogen-bond donors (Lipinski definition) is 1. The van der Waals surface area contributed by atoms with E-state index in [-0.39, 0.29) is 0 Å². The lowest BCUT2D eigenvalue weighted by Gasteiger charge is -2.61. The van der Waals surface area contributed by atoms with Crippen LogP contribution in [0.5, 0.6) is 0 Å². The summed E-state index contributed by atoms with van der Waals surface area (Å²) < 4.78 is 0. The molecule has 2 unspecified atom stereocenters. The van der Waals surface area contributed by atoms with Crippen LogP contribution in [-0.4, -0.2) is 36.6 Å². The van der Waals surface area contributed by atoms with E-state index in [4.69, 9.17) is 0 Å². The Bertz CT molecular complexity index is 379. The zero-order chi connectivity index (χ0) is 14.0. The summed E-state index contributed by atoms with van der Waals surface area (Å²) in [6, 6.07) is 1.66. The predicted octanol–water partition coefficient (Wildman–Crippen LogP) is 3.28. The van der Waals surface area contributed by atoms with Crippen LogP contribution in [0.4, 0.5) is 0 Å². The fraction of sp³-hybridized carbons (Fsp3) is 1.00. The first-order valence-corrected chi connectivity index (χ1v) is 9.69. The van der Waals surface area contributed by atoms with Crippen LogP contribution in [0.1, 0.15) is 58.3 Å². The van der Waals surface area contributed by atoms with Gasteiger partial charge < -0.3 is 5.32 Å². The van der Waals surface area contributed by atoms with Crippen LogP contribution in [0.3, 0.4) is 0 Å². The Kier molecular flexibility index (Phi) is 3.00. The lowest BCUT2D eigenvalue weighted by Crippen LogP contribution is -2.61. The van der Waals surface area contributed by atoms with Crippen LogP contribution in [-0.2, 0) is 0 Å². The number of hydrogen-bond acceptors (Lipinski definition) is 2. The average molecular weight is 288 g/mol. The Morgan fingerprint density at radius 3 is 2.19 bits per heavy atom. The highest BCUT2D eigenvalue weighted by atomic mass is 15.2. The van der Waals surface area contributed by atoms with Crippen LogP contribution in [0.2, 0.25) is 0 Å². The molecule has 0 spiro atoms. The zero-order valence-electron chi connectivity index (χ0n) is 13.7. The molecule has 2 heteroatoms. The van der Waals surface area contributed by atoms with Crippen molar-refractivity contribution >= 4 is 0 Å². The van der Waals surface area contributed by atoms with E-state index in [9.17, 15) is 0 Å². The van der Waals surface area contributed by atoms with E-state index in [1.54, 1.807) is 38.5 Å². The Balaban J connectivity index is 1.34. The van der Waals surface area contributed by atoms with Crippen molar-refractivity contribution < 1.29 is 0 Å². The van der Waals surface area contributed by atoms with Crippen LogP contribution in [0.15, 0.2) is 0 Å². The molecule has 0 amide bonds. The first-order valence-electron chi connectivity index (χ1n) is 9.69. The smallest absolute Gasteiger partial charge is 0.0223 e. The Labute approximate surface area is 130 Å². The van der Waals surface area contributed by atoms with Gasteiger partial charge in [0.25, 0.3) is 0 Å². The lowest BCUT2D eigenvalue weighted by molar-refractivity contribution is -0.100. The van der Waals surface area contributed by atoms with Crippen molar-refractivity contribution in [1.82, 2.24) is 10.2 Å². The maximum atomic E-state index is 3.80. The van der Waals surface area contributed by atoms with E-state index in [1.165, 1.54) is 32.5 Å². The van der Waals surface area contributed by atoms with E-state index in [2.05, 4.69) is 17.1 Å². The molecule has 0 aromatic heterocycles. The molecule has 118 valence electrons. The standard InChI is InChI=1S/C19H32N2/c1-13(21-5-4-20-18(12-21)17-2-3-17)19-9-14-6-15(10-19)8-16(7-14)11-19/h13-18,20H,2-12H2,1H3. The molecule has 2 nitrogen and oxygen atoms in total. The summed E-state index contributed by atoms with van der Waals surface area (Å²) in [5.41, 5.74) is 0.709. The van der Waals surface area contributed by atoms with Gasteiger partial charge in [-0.3, -0.25) is 4.90 Å². The third-order valence-electron chi connectivity index (χ3n) is 7.95. The summed E-state index contributed by atoms with van der Waals surface area (Å²) in [6.45, 7) is 6.47. The van der Waals surface area contributed by atoms with Gasteiger partial charge in [-0.1, -0.05) is 0 Å². The maximum Gasteiger partial charge on any atom is 0.0223 e. The molecule has 4 bridgehead atoms. The summed E-state index contributed by atoms with van der Waals surface area (Å²) >= 11 is 0. The average Bonchev–Trinajstić information content (AvgIpc) is 3.30. The molecule has 1 saturated heterocycles. The Morgan fingerprint density at radius 2 is 1.62 bits per heavy atom. The van der Waals surface area contributed by atoms with Gasteiger partial charge in [0.05, 0.1) is 0 Å². The molecule has 0 aromatic carbocycles.